The topological polar surface area (TPSA) is 44.8 Å². The maximum absolute atomic E-state index is 10.9. The van der Waals surface area contributed by atoms with E-state index in [1.54, 1.807) is 18.2 Å². The molecule has 0 saturated carbocycles. The first-order valence-corrected chi connectivity index (χ1v) is 5.75. The van der Waals surface area contributed by atoms with Crippen LogP contribution in [0.4, 0.5) is 0 Å². The van der Waals surface area contributed by atoms with Gasteiger partial charge in [-0.15, -0.1) is 0 Å². The molecule has 0 spiro atoms. The number of ether oxygens (including phenoxy) is 3. The van der Waals surface area contributed by atoms with Crippen molar-refractivity contribution in [3.05, 3.63) is 23.8 Å². The summed E-state index contributed by atoms with van der Waals surface area (Å²) in [5.41, 5.74) is 0.493. The Morgan fingerprint density at radius 1 is 1.12 bits per heavy atom. The molecule has 94 valence electrons. The highest BCUT2D eigenvalue weighted by molar-refractivity contribution is 5.81. The maximum Gasteiger partial charge on any atom is 0.171 e. The summed E-state index contributed by atoms with van der Waals surface area (Å²) >= 11 is 0. The number of carbonyl (C=O) groups excluding carboxylic acids is 1. The second-order valence-corrected chi connectivity index (χ2v) is 3.27. The summed E-state index contributed by atoms with van der Waals surface area (Å²) in [6.07, 6.45) is 0.762. The number of hydrogen-bond donors (Lipinski definition) is 0. The highest BCUT2D eigenvalue weighted by atomic mass is 16.5. The molecule has 0 aliphatic carbocycles. The lowest BCUT2D eigenvalue weighted by molar-refractivity contribution is 0.105. The van der Waals surface area contributed by atoms with Crippen LogP contribution in [0.15, 0.2) is 18.2 Å². The summed E-state index contributed by atoms with van der Waals surface area (Å²) in [6, 6.07) is 5.25. The average Bonchev–Trinajstić information content (AvgIpc) is 2.36. The predicted octanol–water partition coefficient (Wildman–Crippen LogP) is 2.31. The van der Waals surface area contributed by atoms with Crippen molar-refractivity contribution in [3.8, 4) is 11.5 Å². The molecule has 4 nitrogen and oxygen atoms in total. The van der Waals surface area contributed by atoms with Crippen LogP contribution in [0.25, 0.3) is 0 Å². The number of para-hydroxylation sites is 1. The van der Waals surface area contributed by atoms with E-state index in [2.05, 4.69) is 0 Å². The molecule has 0 aliphatic heterocycles. The lowest BCUT2D eigenvalue weighted by atomic mass is 10.2. The van der Waals surface area contributed by atoms with Gasteiger partial charge in [0.2, 0.25) is 0 Å². The van der Waals surface area contributed by atoms with Crippen molar-refractivity contribution in [3.63, 3.8) is 0 Å². The van der Waals surface area contributed by atoms with Crippen LogP contribution in [0.5, 0.6) is 11.5 Å². The summed E-state index contributed by atoms with van der Waals surface area (Å²) in [7, 11) is 0. The molecule has 0 N–H and O–H groups in total. The molecular weight excluding hydrogens is 220 g/mol. The van der Waals surface area contributed by atoms with Crippen LogP contribution >= 0.6 is 0 Å². The summed E-state index contributed by atoms with van der Waals surface area (Å²) in [5, 5.41) is 0. The molecule has 0 amide bonds. The van der Waals surface area contributed by atoms with Gasteiger partial charge in [-0.25, -0.2) is 0 Å². The van der Waals surface area contributed by atoms with Gasteiger partial charge in [-0.1, -0.05) is 6.07 Å². The lowest BCUT2D eigenvalue weighted by Gasteiger charge is -2.13. The Morgan fingerprint density at radius 2 is 1.94 bits per heavy atom. The van der Waals surface area contributed by atoms with E-state index in [-0.39, 0.29) is 0 Å². The minimum absolute atomic E-state index is 0.402. The average molecular weight is 238 g/mol. The van der Waals surface area contributed by atoms with Crippen molar-refractivity contribution in [2.45, 2.75) is 13.8 Å². The molecule has 0 bridgehead atoms. The lowest BCUT2D eigenvalue weighted by Crippen LogP contribution is -2.09. The Kier molecular flexibility index (Phi) is 6.10. The second-order valence-electron chi connectivity index (χ2n) is 3.27. The Labute approximate surface area is 101 Å². The van der Waals surface area contributed by atoms with Gasteiger partial charge in [0.1, 0.15) is 6.61 Å². The van der Waals surface area contributed by atoms with Gasteiger partial charge >= 0.3 is 0 Å². The summed E-state index contributed by atoms with van der Waals surface area (Å²) in [5.74, 6) is 1.08. The monoisotopic (exact) mass is 238 g/mol. The number of aldehydes is 1. The minimum Gasteiger partial charge on any atom is -0.490 e. The molecular formula is C13H18O4. The summed E-state index contributed by atoms with van der Waals surface area (Å²) in [4.78, 5) is 10.9. The number of rotatable bonds is 8. The Morgan fingerprint density at radius 3 is 2.59 bits per heavy atom. The van der Waals surface area contributed by atoms with E-state index in [9.17, 15) is 4.79 Å². The highest BCUT2D eigenvalue weighted by Crippen LogP contribution is 2.30. The molecule has 0 atom stereocenters. The SMILES string of the molecule is CCOCCOc1c(C=O)cccc1OCC. The van der Waals surface area contributed by atoms with Crippen LogP contribution in [0.3, 0.4) is 0 Å². The van der Waals surface area contributed by atoms with E-state index >= 15 is 0 Å². The van der Waals surface area contributed by atoms with Gasteiger partial charge in [0.25, 0.3) is 0 Å². The third kappa shape index (κ3) is 4.07. The Hall–Kier alpha value is -1.55. The first-order chi connectivity index (χ1) is 8.33. The van der Waals surface area contributed by atoms with Crippen LogP contribution in [0.2, 0.25) is 0 Å². The predicted molar refractivity (Wildman–Crippen MR) is 65.0 cm³/mol. The Balaban J connectivity index is 2.74. The van der Waals surface area contributed by atoms with Gasteiger partial charge in [-0.3, -0.25) is 4.79 Å². The second kappa shape index (κ2) is 7.68. The fraction of sp³-hybridized carbons (Fsp3) is 0.462. The van der Waals surface area contributed by atoms with Crippen molar-refractivity contribution in [1.82, 2.24) is 0 Å². The smallest absolute Gasteiger partial charge is 0.171 e. The zero-order chi connectivity index (χ0) is 12.5. The van der Waals surface area contributed by atoms with Crippen molar-refractivity contribution in [2.75, 3.05) is 26.4 Å². The van der Waals surface area contributed by atoms with E-state index < -0.39 is 0 Å². The minimum atomic E-state index is 0.402. The molecule has 1 aromatic rings. The van der Waals surface area contributed by atoms with E-state index in [1.807, 2.05) is 13.8 Å². The van der Waals surface area contributed by atoms with Gasteiger partial charge in [-0.2, -0.15) is 0 Å². The molecule has 0 fully saturated rings. The third-order valence-corrected chi connectivity index (χ3v) is 2.11. The molecule has 0 unspecified atom stereocenters. The molecule has 0 radical (unpaired) electrons. The zero-order valence-corrected chi connectivity index (χ0v) is 10.3. The van der Waals surface area contributed by atoms with Crippen LogP contribution in [-0.4, -0.2) is 32.7 Å². The van der Waals surface area contributed by atoms with Crippen molar-refractivity contribution in [2.24, 2.45) is 0 Å². The molecule has 0 aromatic heterocycles. The highest BCUT2D eigenvalue weighted by Gasteiger charge is 2.10. The Bertz CT molecular complexity index is 349. The quantitative estimate of drug-likeness (QED) is 0.515. The van der Waals surface area contributed by atoms with Gasteiger partial charge in [0.05, 0.1) is 18.8 Å². The van der Waals surface area contributed by atoms with Crippen LogP contribution < -0.4 is 9.47 Å². The number of hydrogen-bond acceptors (Lipinski definition) is 4. The molecule has 1 rings (SSSR count). The molecule has 1 aromatic carbocycles. The molecule has 17 heavy (non-hydrogen) atoms. The number of carbonyl (C=O) groups is 1. The third-order valence-electron chi connectivity index (χ3n) is 2.11. The van der Waals surface area contributed by atoms with E-state index in [0.29, 0.717) is 43.5 Å². The standard InChI is InChI=1S/C13H18O4/c1-3-15-8-9-17-13-11(10-14)6-5-7-12(13)16-4-2/h5-7,10H,3-4,8-9H2,1-2H3. The number of benzene rings is 1. The van der Waals surface area contributed by atoms with E-state index in [1.165, 1.54) is 0 Å². The largest absolute Gasteiger partial charge is 0.490 e. The fourth-order valence-corrected chi connectivity index (χ4v) is 1.40. The van der Waals surface area contributed by atoms with E-state index in [4.69, 9.17) is 14.2 Å². The molecule has 0 aliphatic rings. The maximum atomic E-state index is 10.9. The first-order valence-electron chi connectivity index (χ1n) is 5.75. The van der Waals surface area contributed by atoms with Gasteiger partial charge in [-0.05, 0) is 26.0 Å². The summed E-state index contributed by atoms with van der Waals surface area (Å²) in [6.45, 7) is 5.89. The normalized spacial score (nSPS) is 10.0. The fourth-order valence-electron chi connectivity index (χ4n) is 1.40. The molecule has 0 heterocycles. The van der Waals surface area contributed by atoms with Crippen molar-refractivity contribution < 1.29 is 19.0 Å². The first kappa shape index (κ1) is 13.5. The van der Waals surface area contributed by atoms with Crippen LogP contribution in [-0.2, 0) is 4.74 Å². The molecule has 0 saturated heterocycles. The van der Waals surface area contributed by atoms with Gasteiger partial charge < -0.3 is 14.2 Å². The van der Waals surface area contributed by atoms with Crippen LogP contribution in [0.1, 0.15) is 24.2 Å². The van der Waals surface area contributed by atoms with Crippen molar-refractivity contribution in [1.29, 1.82) is 0 Å². The zero-order valence-electron chi connectivity index (χ0n) is 10.3. The summed E-state index contributed by atoms with van der Waals surface area (Å²) < 4.78 is 16.1. The van der Waals surface area contributed by atoms with Crippen molar-refractivity contribution >= 4 is 6.29 Å². The molecule has 4 heteroatoms. The van der Waals surface area contributed by atoms with Gasteiger partial charge in [0.15, 0.2) is 17.8 Å². The van der Waals surface area contributed by atoms with Gasteiger partial charge in [0, 0.05) is 6.61 Å². The van der Waals surface area contributed by atoms with E-state index in [0.717, 1.165) is 6.29 Å². The van der Waals surface area contributed by atoms with Crippen LogP contribution in [0, 0.1) is 0 Å².